The van der Waals surface area contributed by atoms with Gasteiger partial charge in [0.05, 0.1) is 12.0 Å². The molecule has 0 aliphatic carbocycles. The van der Waals surface area contributed by atoms with Gasteiger partial charge in [-0.25, -0.2) is 10.2 Å². The Balaban J connectivity index is 2.01. The van der Waals surface area contributed by atoms with E-state index in [2.05, 4.69) is 25.6 Å². The van der Waals surface area contributed by atoms with E-state index >= 15 is 0 Å². The Morgan fingerprint density at radius 3 is 2.95 bits per heavy atom. The molecule has 108 valence electrons. The van der Waals surface area contributed by atoms with Crippen LogP contribution in [-0.2, 0) is 14.3 Å². The van der Waals surface area contributed by atoms with E-state index in [0.29, 0.717) is 0 Å². The number of thioether (sulfide) groups is 1. The maximum atomic E-state index is 11.7. The van der Waals surface area contributed by atoms with Gasteiger partial charge >= 0.3 is 5.97 Å². The molecule has 1 aliphatic heterocycles. The van der Waals surface area contributed by atoms with Crippen molar-refractivity contribution >= 4 is 34.7 Å². The highest BCUT2D eigenvalue weighted by Crippen LogP contribution is 2.22. The number of carbonyl (C=O) groups excluding carboxylic acids is 3. The van der Waals surface area contributed by atoms with Crippen LogP contribution in [0, 0.1) is 0 Å². The minimum absolute atomic E-state index is 0.132. The highest BCUT2D eigenvalue weighted by molar-refractivity contribution is 8.18. The van der Waals surface area contributed by atoms with Crippen LogP contribution in [0.3, 0.4) is 0 Å². The number of amidine groups is 1. The molecule has 2 amide bonds. The first-order valence-corrected chi connectivity index (χ1v) is 6.49. The third-order valence-electron chi connectivity index (χ3n) is 2.26. The summed E-state index contributed by atoms with van der Waals surface area (Å²) in [6, 6.07) is 4.87. The summed E-state index contributed by atoms with van der Waals surface area (Å²) in [5.74, 6) is -1.65. The molecule has 0 bridgehead atoms. The summed E-state index contributed by atoms with van der Waals surface area (Å²) >= 11 is 0.914. The SMILES string of the molecule is COC(=O)C=C1S/C(=N/NC(=O)c2ccccn2)NC1=O. The maximum Gasteiger partial charge on any atom is 0.331 e. The lowest BCUT2D eigenvalue weighted by atomic mass is 10.3. The molecule has 1 saturated heterocycles. The van der Waals surface area contributed by atoms with E-state index in [1.165, 1.54) is 19.4 Å². The maximum absolute atomic E-state index is 11.7. The van der Waals surface area contributed by atoms with Gasteiger partial charge < -0.3 is 4.74 Å². The summed E-state index contributed by atoms with van der Waals surface area (Å²) in [5, 5.41) is 6.30. The predicted molar refractivity (Wildman–Crippen MR) is 75.0 cm³/mol. The second-order valence-electron chi connectivity index (χ2n) is 3.66. The number of methoxy groups -OCH3 is 1. The highest BCUT2D eigenvalue weighted by atomic mass is 32.2. The van der Waals surface area contributed by atoms with Crippen molar-refractivity contribution in [3.05, 3.63) is 41.1 Å². The Hall–Kier alpha value is -2.68. The summed E-state index contributed by atoms with van der Waals surface area (Å²) < 4.78 is 4.43. The predicted octanol–water partition coefficient (Wildman–Crippen LogP) is 0.00230. The number of nitrogens with one attached hydrogen (secondary N) is 2. The lowest BCUT2D eigenvalue weighted by Gasteiger charge is -1.99. The van der Waals surface area contributed by atoms with Crippen LogP contribution in [0.15, 0.2) is 40.5 Å². The monoisotopic (exact) mass is 306 g/mol. The minimum Gasteiger partial charge on any atom is -0.466 e. The van der Waals surface area contributed by atoms with E-state index in [9.17, 15) is 14.4 Å². The Kier molecular flexibility index (Phi) is 4.67. The fourth-order valence-electron chi connectivity index (χ4n) is 1.30. The van der Waals surface area contributed by atoms with E-state index < -0.39 is 17.8 Å². The van der Waals surface area contributed by atoms with Crippen LogP contribution in [0.25, 0.3) is 0 Å². The number of carbonyl (C=O) groups is 3. The molecule has 0 spiro atoms. The molecule has 1 aromatic rings. The quantitative estimate of drug-likeness (QED) is 0.462. The van der Waals surface area contributed by atoms with E-state index in [4.69, 9.17) is 0 Å². The smallest absolute Gasteiger partial charge is 0.331 e. The third-order valence-corrected chi connectivity index (χ3v) is 3.17. The molecular formula is C12H10N4O4S. The van der Waals surface area contributed by atoms with Crippen molar-refractivity contribution in [1.82, 2.24) is 15.7 Å². The summed E-state index contributed by atoms with van der Waals surface area (Å²) in [5.41, 5.74) is 2.45. The van der Waals surface area contributed by atoms with Crippen LogP contribution >= 0.6 is 11.8 Å². The third kappa shape index (κ3) is 3.89. The van der Waals surface area contributed by atoms with Crippen molar-refractivity contribution in [2.45, 2.75) is 0 Å². The molecule has 0 atom stereocenters. The van der Waals surface area contributed by atoms with Gasteiger partial charge in [0.2, 0.25) is 0 Å². The first kappa shape index (κ1) is 14.7. The first-order valence-electron chi connectivity index (χ1n) is 5.68. The zero-order valence-corrected chi connectivity index (χ0v) is 11.6. The number of amides is 2. The van der Waals surface area contributed by atoms with Gasteiger partial charge in [-0.15, -0.1) is 5.10 Å². The van der Waals surface area contributed by atoms with Crippen LogP contribution in [-0.4, -0.2) is 35.0 Å². The lowest BCUT2D eigenvalue weighted by molar-refractivity contribution is -0.135. The van der Waals surface area contributed by atoms with E-state index in [1.54, 1.807) is 12.1 Å². The molecule has 0 saturated carbocycles. The van der Waals surface area contributed by atoms with Crippen molar-refractivity contribution in [1.29, 1.82) is 0 Å². The number of hydrazone groups is 1. The second-order valence-corrected chi connectivity index (χ2v) is 4.69. The topological polar surface area (TPSA) is 110 Å². The molecule has 21 heavy (non-hydrogen) atoms. The zero-order valence-electron chi connectivity index (χ0n) is 10.8. The number of hydrogen-bond donors (Lipinski definition) is 2. The number of hydrogen-bond acceptors (Lipinski definition) is 7. The summed E-state index contributed by atoms with van der Waals surface area (Å²) in [4.78, 5) is 38.3. The summed E-state index contributed by atoms with van der Waals surface area (Å²) in [6.45, 7) is 0. The van der Waals surface area contributed by atoms with E-state index in [-0.39, 0.29) is 15.8 Å². The fourth-order valence-corrected chi connectivity index (χ4v) is 2.04. The molecule has 2 heterocycles. The summed E-state index contributed by atoms with van der Waals surface area (Å²) in [7, 11) is 1.21. The van der Waals surface area contributed by atoms with Gasteiger partial charge in [0.25, 0.3) is 11.8 Å². The van der Waals surface area contributed by atoms with Gasteiger partial charge in [0.1, 0.15) is 5.69 Å². The van der Waals surface area contributed by atoms with Crippen molar-refractivity contribution < 1.29 is 19.1 Å². The van der Waals surface area contributed by atoms with Crippen molar-refractivity contribution in [3.63, 3.8) is 0 Å². The average Bonchev–Trinajstić information content (AvgIpc) is 2.85. The van der Waals surface area contributed by atoms with Crippen LogP contribution < -0.4 is 10.7 Å². The van der Waals surface area contributed by atoms with E-state index in [1.807, 2.05) is 0 Å². The molecule has 1 aromatic heterocycles. The minimum atomic E-state index is -0.647. The van der Waals surface area contributed by atoms with Crippen molar-refractivity contribution in [3.8, 4) is 0 Å². The Morgan fingerprint density at radius 1 is 1.48 bits per heavy atom. The van der Waals surface area contributed by atoms with Crippen LogP contribution in [0.5, 0.6) is 0 Å². The molecular weight excluding hydrogens is 296 g/mol. The van der Waals surface area contributed by atoms with Crippen molar-refractivity contribution in [2.75, 3.05) is 7.11 Å². The Bertz CT molecular complexity index is 642. The molecule has 0 aromatic carbocycles. The fraction of sp³-hybridized carbons (Fsp3) is 0.0833. The molecule has 1 aliphatic rings. The second kappa shape index (κ2) is 6.66. The largest absolute Gasteiger partial charge is 0.466 e. The van der Waals surface area contributed by atoms with Crippen LogP contribution in [0.1, 0.15) is 10.5 Å². The Labute approximate surface area is 123 Å². The molecule has 8 nitrogen and oxygen atoms in total. The lowest BCUT2D eigenvalue weighted by Crippen LogP contribution is -2.25. The number of pyridine rings is 1. The highest BCUT2D eigenvalue weighted by Gasteiger charge is 2.25. The number of ether oxygens (including phenoxy) is 1. The van der Waals surface area contributed by atoms with Crippen molar-refractivity contribution in [2.24, 2.45) is 5.10 Å². The first-order chi connectivity index (χ1) is 10.1. The normalized spacial score (nSPS) is 17.7. The van der Waals surface area contributed by atoms with Gasteiger partial charge in [0, 0.05) is 12.3 Å². The zero-order chi connectivity index (χ0) is 15.2. The van der Waals surface area contributed by atoms with Crippen LogP contribution in [0.4, 0.5) is 0 Å². The molecule has 9 heteroatoms. The van der Waals surface area contributed by atoms with Gasteiger partial charge in [-0.1, -0.05) is 6.07 Å². The van der Waals surface area contributed by atoms with Crippen LogP contribution in [0.2, 0.25) is 0 Å². The number of nitrogens with zero attached hydrogens (tertiary/aromatic N) is 2. The Morgan fingerprint density at radius 2 is 2.29 bits per heavy atom. The van der Waals surface area contributed by atoms with Gasteiger partial charge in [-0.3, -0.25) is 19.9 Å². The average molecular weight is 306 g/mol. The van der Waals surface area contributed by atoms with E-state index in [0.717, 1.165) is 17.8 Å². The van der Waals surface area contributed by atoms with Gasteiger partial charge in [0.15, 0.2) is 5.17 Å². The number of rotatable bonds is 3. The van der Waals surface area contributed by atoms with Gasteiger partial charge in [-0.2, -0.15) is 0 Å². The van der Waals surface area contributed by atoms with Gasteiger partial charge in [-0.05, 0) is 23.9 Å². The molecule has 0 radical (unpaired) electrons. The number of esters is 1. The molecule has 2 rings (SSSR count). The standard InChI is InChI=1S/C12H10N4O4S/c1-20-9(17)6-8-11(19)14-12(21-8)16-15-10(18)7-4-2-3-5-13-7/h2-6H,1H3,(H,15,18)(H,14,16,19). The summed E-state index contributed by atoms with van der Waals surface area (Å²) in [6.07, 6.45) is 2.52. The molecule has 0 unspecified atom stereocenters. The molecule has 1 fully saturated rings. The number of aromatic nitrogens is 1. The molecule has 2 N–H and O–H groups in total.